The topological polar surface area (TPSA) is 43.8 Å². The highest BCUT2D eigenvalue weighted by molar-refractivity contribution is 5.76. The number of benzene rings is 2. The van der Waals surface area contributed by atoms with E-state index in [0.29, 0.717) is 17.8 Å². The SMILES string of the molecule is Cn1c(C(N)Cc2ccccc2)nc2c(F)cccc21. The van der Waals surface area contributed by atoms with Crippen LogP contribution in [-0.2, 0) is 13.5 Å². The number of halogens is 1. The Bertz CT molecular complexity index is 734. The molecule has 0 fully saturated rings. The lowest BCUT2D eigenvalue weighted by molar-refractivity contribution is 0.630. The van der Waals surface area contributed by atoms with Crippen LogP contribution in [0.2, 0.25) is 0 Å². The standard InChI is InChI=1S/C16H16FN3/c1-20-14-9-5-8-12(17)15(14)19-16(20)13(18)10-11-6-3-2-4-7-11/h2-9,13H,10,18H2,1H3. The van der Waals surface area contributed by atoms with Crippen LogP contribution in [0, 0.1) is 5.82 Å². The van der Waals surface area contributed by atoms with Gasteiger partial charge >= 0.3 is 0 Å². The van der Waals surface area contributed by atoms with E-state index in [1.165, 1.54) is 6.07 Å². The molecule has 2 aromatic carbocycles. The summed E-state index contributed by atoms with van der Waals surface area (Å²) in [4.78, 5) is 4.37. The summed E-state index contributed by atoms with van der Waals surface area (Å²) in [5.74, 6) is 0.394. The number of fused-ring (bicyclic) bond motifs is 1. The summed E-state index contributed by atoms with van der Waals surface area (Å²) in [7, 11) is 1.87. The minimum absolute atomic E-state index is 0.255. The van der Waals surface area contributed by atoms with E-state index < -0.39 is 0 Å². The fourth-order valence-corrected chi connectivity index (χ4v) is 2.49. The second-order valence-electron chi connectivity index (χ2n) is 4.93. The molecule has 0 radical (unpaired) electrons. The van der Waals surface area contributed by atoms with Crippen molar-refractivity contribution in [3.8, 4) is 0 Å². The molecule has 0 saturated heterocycles. The lowest BCUT2D eigenvalue weighted by Gasteiger charge is -2.11. The van der Waals surface area contributed by atoms with Gasteiger partial charge in [0.1, 0.15) is 11.3 Å². The van der Waals surface area contributed by atoms with Gasteiger partial charge in [-0.2, -0.15) is 0 Å². The summed E-state index contributed by atoms with van der Waals surface area (Å²) in [6.07, 6.45) is 0.680. The molecule has 0 aliphatic carbocycles. The molecule has 2 N–H and O–H groups in total. The molecule has 0 aliphatic rings. The first-order chi connectivity index (χ1) is 9.66. The molecule has 1 aromatic heterocycles. The number of hydrogen-bond donors (Lipinski definition) is 1. The molecule has 3 rings (SSSR count). The number of nitrogens with two attached hydrogens (primary N) is 1. The normalized spacial score (nSPS) is 12.8. The predicted molar refractivity (Wildman–Crippen MR) is 77.7 cm³/mol. The highest BCUT2D eigenvalue weighted by atomic mass is 19.1. The van der Waals surface area contributed by atoms with Crippen molar-refractivity contribution in [3.63, 3.8) is 0 Å². The largest absolute Gasteiger partial charge is 0.330 e. The Morgan fingerprint density at radius 3 is 2.60 bits per heavy atom. The van der Waals surface area contributed by atoms with Gasteiger partial charge in [-0.3, -0.25) is 0 Å². The fourth-order valence-electron chi connectivity index (χ4n) is 2.49. The van der Waals surface area contributed by atoms with Gasteiger partial charge in [-0.25, -0.2) is 9.37 Å². The van der Waals surface area contributed by atoms with Crippen LogP contribution < -0.4 is 5.73 Å². The molecule has 1 atom stereocenters. The number of nitrogens with zero attached hydrogens (tertiary/aromatic N) is 2. The maximum absolute atomic E-state index is 13.8. The smallest absolute Gasteiger partial charge is 0.151 e. The van der Waals surface area contributed by atoms with E-state index >= 15 is 0 Å². The van der Waals surface area contributed by atoms with Crippen molar-refractivity contribution in [1.29, 1.82) is 0 Å². The molecule has 1 heterocycles. The highest BCUT2D eigenvalue weighted by Gasteiger charge is 2.17. The summed E-state index contributed by atoms with van der Waals surface area (Å²) in [6, 6.07) is 14.7. The van der Waals surface area contributed by atoms with Crippen LogP contribution in [-0.4, -0.2) is 9.55 Å². The Hall–Kier alpha value is -2.20. The van der Waals surface area contributed by atoms with Gasteiger partial charge in [0.2, 0.25) is 0 Å². The Kier molecular flexibility index (Phi) is 3.24. The average molecular weight is 269 g/mol. The monoisotopic (exact) mass is 269 g/mol. The molecule has 3 aromatic rings. The van der Waals surface area contributed by atoms with E-state index in [-0.39, 0.29) is 11.9 Å². The van der Waals surface area contributed by atoms with Crippen molar-refractivity contribution >= 4 is 11.0 Å². The molecule has 3 nitrogen and oxygen atoms in total. The van der Waals surface area contributed by atoms with Crippen molar-refractivity contribution < 1.29 is 4.39 Å². The lowest BCUT2D eigenvalue weighted by Crippen LogP contribution is -2.17. The molecule has 102 valence electrons. The maximum Gasteiger partial charge on any atom is 0.151 e. The second-order valence-corrected chi connectivity index (χ2v) is 4.93. The van der Waals surface area contributed by atoms with Crippen molar-refractivity contribution in [2.75, 3.05) is 0 Å². The van der Waals surface area contributed by atoms with Gasteiger partial charge < -0.3 is 10.3 Å². The summed E-state index contributed by atoms with van der Waals surface area (Å²) in [5.41, 5.74) is 8.53. The Morgan fingerprint density at radius 1 is 1.15 bits per heavy atom. The average Bonchev–Trinajstić information content (AvgIpc) is 2.79. The van der Waals surface area contributed by atoms with Gasteiger partial charge in [0.05, 0.1) is 11.6 Å². The van der Waals surface area contributed by atoms with Crippen LogP contribution in [0.25, 0.3) is 11.0 Å². The third-order valence-electron chi connectivity index (χ3n) is 3.53. The minimum Gasteiger partial charge on any atom is -0.330 e. The summed E-state index contributed by atoms with van der Waals surface area (Å²) >= 11 is 0. The number of para-hydroxylation sites is 1. The first-order valence-electron chi connectivity index (χ1n) is 6.57. The molecule has 20 heavy (non-hydrogen) atoms. The first kappa shape index (κ1) is 12.8. The van der Waals surface area contributed by atoms with Crippen LogP contribution in [0.4, 0.5) is 4.39 Å². The Labute approximate surface area is 116 Å². The van der Waals surface area contributed by atoms with Crippen LogP contribution in [0.5, 0.6) is 0 Å². The number of hydrogen-bond acceptors (Lipinski definition) is 2. The second kappa shape index (κ2) is 5.06. The fraction of sp³-hybridized carbons (Fsp3) is 0.188. The first-order valence-corrected chi connectivity index (χ1v) is 6.57. The minimum atomic E-state index is -0.309. The van der Waals surface area contributed by atoms with Crippen molar-refractivity contribution in [2.45, 2.75) is 12.5 Å². The quantitative estimate of drug-likeness (QED) is 0.794. The van der Waals surface area contributed by atoms with Crippen LogP contribution in [0.15, 0.2) is 48.5 Å². The third kappa shape index (κ3) is 2.18. The highest BCUT2D eigenvalue weighted by Crippen LogP contribution is 2.22. The van der Waals surface area contributed by atoms with Gasteiger partial charge in [0.25, 0.3) is 0 Å². The van der Waals surface area contributed by atoms with E-state index in [2.05, 4.69) is 4.98 Å². The molecular weight excluding hydrogens is 253 g/mol. The van der Waals surface area contributed by atoms with Crippen LogP contribution >= 0.6 is 0 Å². The molecule has 4 heteroatoms. The summed E-state index contributed by atoms with van der Waals surface area (Å²) in [5, 5.41) is 0. The van der Waals surface area contributed by atoms with E-state index in [1.54, 1.807) is 6.07 Å². The number of rotatable bonds is 3. The van der Waals surface area contributed by atoms with E-state index in [0.717, 1.165) is 11.1 Å². The van der Waals surface area contributed by atoms with Crippen molar-refractivity contribution in [2.24, 2.45) is 12.8 Å². The number of imidazole rings is 1. The third-order valence-corrected chi connectivity index (χ3v) is 3.53. The van der Waals surface area contributed by atoms with Crippen molar-refractivity contribution in [1.82, 2.24) is 9.55 Å². The van der Waals surface area contributed by atoms with Gasteiger partial charge in [0.15, 0.2) is 5.82 Å². The van der Waals surface area contributed by atoms with Crippen LogP contribution in [0.3, 0.4) is 0 Å². The molecule has 0 spiro atoms. The zero-order valence-corrected chi connectivity index (χ0v) is 11.3. The predicted octanol–water partition coefficient (Wildman–Crippen LogP) is 2.95. The van der Waals surface area contributed by atoms with Gasteiger partial charge in [-0.1, -0.05) is 36.4 Å². The Morgan fingerprint density at radius 2 is 1.90 bits per heavy atom. The van der Waals surface area contributed by atoms with E-state index in [1.807, 2.05) is 48.0 Å². The van der Waals surface area contributed by atoms with E-state index in [4.69, 9.17) is 5.73 Å². The van der Waals surface area contributed by atoms with Gasteiger partial charge in [0, 0.05) is 7.05 Å². The number of aromatic nitrogens is 2. The molecule has 0 aliphatic heterocycles. The zero-order valence-electron chi connectivity index (χ0n) is 11.3. The number of aryl methyl sites for hydroxylation is 1. The molecular formula is C16H16FN3. The molecule has 0 saturated carbocycles. The lowest BCUT2D eigenvalue weighted by atomic mass is 10.1. The maximum atomic E-state index is 13.8. The summed E-state index contributed by atoms with van der Waals surface area (Å²) in [6.45, 7) is 0. The summed E-state index contributed by atoms with van der Waals surface area (Å²) < 4.78 is 15.6. The van der Waals surface area contributed by atoms with Crippen molar-refractivity contribution in [3.05, 3.63) is 65.7 Å². The zero-order chi connectivity index (χ0) is 14.1. The van der Waals surface area contributed by atoms with Gasteiger partial charge in [-0.05, 0) is 24.1 Å². The molecule has 1 unspecified atom stereocenters. The Balaban J connectivity index is 1.98. The molecule has 0 amide bonds. The van der Waals surface area contributed by atoms with E-state index in [9.17, 15) is 4.39 Å². The van der Waals surface area contributed by atoms with Crippen LogP contribution in [0.1, 0.15) is 17.4 Å². The molecule has 0 bridgehead atoms. The van der Waals surface area contributed by atoms with Gasteiger partial charge in [-0.15, -0.1) is 0 Å².